The molecule has 2 aromatic carbocycles. The number of anilines is 2. The van der Waals surface area contributed by atoms with Crippen molar-refractivity contribution >= 4 is 27.3 Å². The zero-order valence-electron chi connectivity index (χ0n) is 16.2. The third-order valence-electron chi connectivity index (χ3n) is 4.41. The Morgan fingerprint density at radius 3 is 2.30 bits per heavy atom. The average molecular weight is 435 g/mol. The van der Waals surface area contributed by atoms with E-state index in [0.29, 0.717) is 23.9 Å². The minimum atomic E-state index is -4.09. The molecule has 0 atom stereocenters. The second-order valence-corrected chi connectivity index (χ2v) is 8.29. The molecule has 0 aliphatic rings. The van der Waals surface area contributed by atoms with Crippen LogP contribution in [0.5, 0.6) is 0 Å². The molecule has 7 nitrogen and oxygen atoms in total. The van der Waals surface area contributed by atoms with E-state index in [9.17, 15) is 22.0 Å². The molecule has 0 saturated carbocycles. The maximum Gasteiger partial charge on any atom is 0.261 e. The van der Waals surface area contributed by atoms with Gasteiger partial charge < -0.3 is 9.84 Å². The van der Waals surface area contributed by atoms with Crippen LogP contribution in [0.4, 0.5) is 20.2 Å². The van der Waals surface area contributed by atoms with Gasteiger partial charge in [0.05, 0.1) is 10.6 Å². The van der Waals surface area contributed by atoms with Gasteiger partial charge in [-0.25, -0.2) is 17.2 Å². The van der Waals surface area contributed by atoms with E-state index in [0.717, 1.165) is 23.4 Å². The molecule has 1 heterocycles. The average Bonchev–Trinajstić information content (AvgIpc) is 3.01. The van der Waals surface area contributed by atoms with Crippen LogP contribution >= 0.6 is 0 Å². The van der Waals surface area contributed by atoms with Crippen LogP contribution in [0.25, 0.3) is 0 Å². The number of hydrogen-bond donors (Lipinski definition) is 2. The Kier molecular flexibility index (Phi) is 6.16. The first-order valence-electron chi connectivity index (χ1n) is 8.95. The summed E-state index contributed by atoms with van der Waals surface area (Å²) in [6.45, 7) is 3.59. The number of carbonyl (C=O) groups excluding carboxylic acids is 1. The molecule has 158 valence electrons. The largest absolute Gasteiger partial charge is 0.361 e. The first kappa shape index (κ1) is 21.4. The third-order valence-corrected chi connectivity index (χ3v) is 5.78. The fourth-order valence-electron chi connectivity index (χ4n) is 2.80. The number of nitrogens with one attached hydrogen (secondary N) is 2. The highest BCUT2D eigenvalue weighted by atomic mass is 32.2. The van der Waals surface area contributed by atoms with Crippen molar-refractivity contribution in [2.45, 2.75) is 31.6 Å². The van der Waals surface area contributed by atoms with Gasteiger partial charge in [0, 0.05) is 23.4 Å². The highest BCUT2D eigenvalue weighted by Crippen LogP contribution is 2.20. The molecule has 0 unspecified atom stereocenters. The van der Waals surface area contributed by atoms with Gasteiger partial charge in [-0.3, -0.25) is 9.52 Å². The van der Waals surface area contributed by atoms with Crippen LogP contribution in [-0.2, 0) is 21.2 Å². The van der Waals surface area contributed by atoms with E-state index in [2.05, 4.69) is 15.2 Å². The summed E-state index contributed by atoms with van der Waals surface area (Å²) in [4.78, 5) is 11.7. The molecule has 0 spiro atoms. The molecule has 0 aliphatic carbocycles. The summed E-state index contributed by atoms with van der Waals surface area (Å²) in [6, 6.07) is 8.25. The SMILES string of the molecule is Cc1noc(C)c1CCC(=O)Nc1ccc(NS(=O)(=O)c2ccc(F)c(F)c2)cc1. The monoisotopic (exact) mass is 435 g/mol. The number of aromatic nitrogens is 1. The summed E-state index contributed by atoms with van der Waals surface area (Å²) in [5.74, 6) is -1.93. The van der Waals surface area contributed by atoms with Crippen molar-refractivity contribution in [1.82, 2.24) is 5.16 Å². The number of benzene rings is 2. The van der Waals surface area contributed by atoms with Gasteiger partial charge >= 0.3 is 0 Å². The molecular weight excluding hydrogens is 416 g/mol. The van der Waals surface area contributed by atoms with Crippen molar-refractivity contribution in [2.24, 2.45) is 0 Å². The van der Waals surface area contributed by atoms with Crippen molar-refractivity contribution < 1.29 is 26.5 Å². The molecule has 3 rings (SSSR count). The molecule has 3 aromatic rings. The lowest BCUT2D eigenvalue weighted by atomic mass is 10.1. The van der Waals surface area contributed by atoms with Gasteiger partial charge in [-0.05, 0) is 62.7 Å². The minimum Gasteiger partial charge on any atom is -0.361 e. The van der Waals surface area contributed by atoms with Crippen molar-refractivity contribution in [3.8, 4) is 0 Å². The molecule has 1 aromatic heterocycles. The summed E-state index contributed by atoms with van der Waals surface area (Å²) in [5.41, 5.74) is 2.33. The Bertz CT molecular complexity index is 1160. The number of hydrogen-bond acceptors (Lipinski definition) is 5. The van der Waals surface area contributed by atoms with Crippen molar-refractivity contribution in [3.05, 3.63) is 71.1 Å². The summed E-state index contributed by atoms with van der Waals surface area (Å²) in [7, 11) is -4.09. The van der Waals surface area contributed by atoms with Crippen molar-refractivity contribution in [1.29, 1.82) is 0 Å². The molecule has 0 saturated heterocycles. The van der Waals surface area contributed by atoms with Crippen LogP contribution in [0.3, 0.4) is 0 Å². The zero-order chi connectivity index (χ0) is 21.9. The van der Waals surface area contributed by atoms with E-state index >= 15 is 0 Å². The fraction of sp³-hybridized carbons (Fsp3) is 0.200. The summed E-state index contributed by atoms with van der Waals surface area (Å²) in [5, 5.41) is 6.57. The van der Waals surface area contributed by atoms with Crippen LogP contribution in [0.1, 0.15) is 23.4 Å². The molecule has 0 fully saturated rings. The predicted octanol–water partition coefficient (Wildman–Crippen LogP) is 3.94. The van der Waals surface area contributed by atoms with Crippen LogP contribution < -0.4 is 10.0 Å². The fourth-order valence-corrected chi connectivity index (χ4v) is 3.87. The van der Waals surface area contributed by atoms with E-state index in [1.54, 1.807) is 6.92 Å². The quantitative estimate of drug-likeness (QED) is 0.585. The smallest absolute Gasteiger partial charge is 0.261 e. The number of rotatable bonds is 7. The Balaban J connectivity index is 1.60. The molecule has 0 aliphatic heterocycles. The molecule has 10 heteroatoms. The minimum absolute atomic E-state index is 0.202. The topological polar surface area (TPSA) is 101 Å². The van der Waals surface area contributed by atoms with E-state index in [-0.39, 0.29) is 18.0 Å². The van der Waals surface area contributed by atoms with E-state index in [1.807, 2.05) is 6.92 Å². The van der Waals surface area contributed by atoms with Gasteiger partial charge in [0.15, 0.2) is 11.6 Å². The molecule has 1 amide bonds. The second kappa shape index (κ2) is 8.62. The Morgan fingerprint density at radius 2 is 1.70 bits per heavy atom. The Labute approximate surface area is 172 Å². The van der Waals surface area contributed by atoms with E-state index < -0.39 is 26.6 Å². The summed E-state index contributed by atoms with van der Waals surface area (Å²) < 4.78 is 58.2. The highest BCUT2D eigenvalue weighted by molar-refractivity contribution is 7.92. The number of aryl methyl sites for hydroxylation is 2. The van der Waals surface area contributed by atoms with Gasteiger partial charge in [-0.15, -0.1) is 0 Å². The molecule has 30 heavy (non-hydrogen) atoms. The van der Waals surface area contributed by atoms with Crippen LogP contribution in [-0.4, -0.2) is 19.5 Å². The normalized spacial score (nSPS) is 11.3. The van der Waals surface area contributed by atoms with E-state index in [4.69, 9.17) is 4.52 Å². The first-order valence-corrected chi connectivity index (χ1v) is 10.4. The van der Waals surface area contributed by atoms with Crippen LogP contribution in [0, 0.1) is 25.5 Å². The summed E-state index contributed by atoms with van der Waals surface area (Å²) in [6.07, 6.45) is 0.715. The van der Waals surface area contributed by atoms with Crippen molar-refractivity contribution in [3.63, 3.8) is 0 Å². The molecule has 2 N–H and O–H groups in total. The zero-order valence-corrected chi connectivity index (χ0v) is 17.0. The van der Waals surface area contributed by atoms with Gasteiger partial charge in [0.1, 0.15) is 5.76 Å². The Morgan fingerprint density at radius 1 is 1.03 bits per heavy atom. The lowest BCUT2D eigenvalue weighted by Gasteiger charge is -2.10. The number of nitrogens with zero attached hydrogens (tertiary/aromatic N) is 1. The molecular formula is C20H19F2N3O4S. The first-order chi connectivity index (χ1) is 14.2. The number of halogens is 2. The summed E-state index contributed by atoms with van der Waals surface area (Å²) >= 11 is 0. The third kappa shape index (κ3) is 5.01. The maximum atomic E-state index is 13.3. The number of sulfonamides is 1. The maximum absolute atomic E-state index is 13.3. The highest BCUT2D eigenvalue weighted by Gasteiger charge is 2.17. The standard InChI is InChI=1S/C20H19F2N3O4S/c1-12-17(13(2)29-24-12)8-10-20(26)23-14-3-5-15(6-4-14)25-30(27,28)16-7-9-18(21)19(22)11-16/h3-7,9,11,25H,8,10H2,1-2H3,(H,23,26). The van der Waals surface area contributed by atoms with Crippen LogP contribution in [0.15, 0.2) is 51.9 Å². The van der Waals surface area contributed by atoms with E-state index in [1.165, 1.54) is 24.3 Å². The van der Waals surface area contributed by atoms with Crippen molar-refractivity contribution in [2.75, 3.05) is 10.0 Å². The lowest BCUT2D eigenvalue weighted by Crippen LogP contribution is -2.14. The Hall–Kier alpha value is -3.27. The molecule has 0 radical (unpaired) electrons. The number of carbonyl (C=O) groups is 1. The van der Waals surface area contributed by atoms with Gasteiger partial charge in [0.2, 0.25) is 5.91 Å². The van der Waals surface area contributed by atoms with Gasteiger partial charge in [-0.1, -0.05) is 5.16 Å². The number of amides is 1. The second-order valence-electron chi connectivity index (χ2n) is 6.61. The molecule has 0 bridgehead atoms. The predicted molar refractivity (Wildman–Crippen MR) is 107 cm³/mol. The van der Waals surface area contributed by atoms with Gasteiger partial charge in [-0.2, -0.15) is 0 Å². The van der Waals surface area contributed by atoms with Gasteiger partial charge in [0.25, 0.3) is 10.0 Å². The van der Waals surface area contributed by atoms with Crippen LogP contribution in [0.2, 0.25) is 0 Å². The lowest BCUT2D eigenvalue weighted by molar-refractivity contribution is -0.116.